The SMILES string of the molecule is CC(C)NC(=O)c1ccccc1NC(=O)c1ccc2c(c1)[C@@H]1[C@H]3CC[C@@H](C3)[C@@H]1[C@@H](c1ccccc1)N2. The lowest BCUT2D eigenvalue weighted by Crippen LogP contribution is -2.35. The highest BCUT2D eigenvalue weighted by Crippen LogP contribution is 2.63. The van der Waals surface area contributed by atoms with Crippen molar-refractivity contribution in [3.8, 4) is 0 Å². The van der Waals surface area contributed by atoms with Gasteiger partial charge in [0.25, 0.3) is 11.8 Å². The Morgan fingerprint density at radius 2 is 1.64 bits per heavy atom. The molecule has 2 fully saturated rings. The summed E-state index contributed by atoms with van der Waals surface area (Å²) in [5.41, 5.74) is 5.40. The zero-order chi connectivity index (χ0) is 24.8. The zero-order valence-corrected chi connectivity index (χ0v) is 20.8. The van der Waals surface area contributed by atoms with Gasteiger partial charge in [0, 0.05) is 17.3 Å². The van der Waals surface area contributed by atoms with Crippen LogP contribution < -0.4 is 16.0 Å². The van der Waals surface area contributed by atoms with E-state index in [9.17, 15) is 9.59 Å². The van der Waals surface area contributed by atoms with E-state index in [-0.39, 0.29) is 17.9 Å². The van der Waals surface area contributed by atoms with Crippen molar-refractivity contribution in [2.24, 2.45) is 17.8 Å². The molecule has 1 heterocycles. The van der Waals surface area contributed by atoms with Gasteiger partial charge in [0.05, 0.1) is 17.3 Å². The number of hydrogen-bond acceptors (Lipinski definition) is 3. The zero-order valence-electron chi connectivity index (χ0n) is 20.8. The smallest absolute Gasteiger partial charge is 0.255 e. The molecule has 1 aliphatic heterocycles. The van der Waals surface area contributed by atoms with Crippen molar-refractivity contribution in [1.29, 1.82) is 0 Å². The number of nitrogens with one attached hydrogen (secondary N) is 3. The quantitative estimate of drug-likeness (QED) is 0.398. The fraction of sp³-hybridized carbons (Fsp3) is 0.355. The van der Waals surface area contributed by atoms with Gasteiger partial charge in [-0.2, -0.15) is 0 Å². The molecule has 2 amide bonds. The Labute approximate surface area is 212 Å². The normalized spacial score (nSPS) is 25.6. The first kappa shape index (κ1) is 22.8. The molecule has 0 spiro atoms. The monoisotopic (exact) mass is 479 g/mol. The van der Waals surface area contributed by atoms with Gasteiger partial charge in [0.1, 0.15) is 0 Å². The Kier molecular flexibility index (Phi) is 5.79. The molecule has 5 atom stereocenters. The first-order valence-corrected chi connectivity index (χ1v) is 13.2. The second-order valence-electron chi connectivity index (χ2n) is 10.9. The Balaban J connectivity index is 1.30. The van der Waals surface area contributed by atoms with Crippen molar-refractivity contribution in [1.82, 2.24) is 5.32 Å². The average molecular weight is 480 g/mol. The predicted molar refractivity (Wildman–Crippen MR) is 143 cm³/mol. The van der Waals surface area contributed by atoms with E-state index in [1.807, 2.05) is 32.0 Å². The van der Waals surface area contributed by atoms with Crippen LogP contribution in [-0.2, 0) is 0 Å². The minimum absolute atomic E-state index is 0.0174. The molecule has 0 radical (unpaired) electrons. The van der Waals surface area contributed by atoms with Gasteiger partial charge in [-0.25, -0.2) is 0 Å². The van der Waals surface area contributed by atoms with E-state index in [0.717, 1.165) is 11.6 Å². The number of amides is 2. The van der Waals surface area contributed by atoms with Crippen LogP contribution in [0, 0.1) is 17.8 Å². The maximum Gasteiger partial charge on any atom is 0.255 e. The van der Waals surface area contributed by atoms with Gasteiger partial charge in [-0.05, 0) is 98.2 Å². The highest BCUT2D eigenvalue weighted by Gasteiger charge is 2.53. The van der Waals surface area contributed by atoms with Crippen molar-refractivity contribution in [3.63, 3.8) is 0 Å². The molecule has 0 aromatic heterocycles. The summed E-state index contributed by atoms with van der Waals surface area (Å²) >= 11 is 0. The summed E-state index contributed by atoms with van der Waals surface area (Å²) in [5.74, 6) is 2.07. The minimum Gasteiger partial charge on any atom is -0.378 e. The molecular formula is C31H33N3O2. The lowest BCUT2D eigenvalue weighted by atomic mass is 9.68. The van der Waals surface area contributed by atoms with Crippen LogP contribution >= 0.6 is 0 Å². The third-order valence-electron chi connectivity index (χ3n) is 8.35. The lowest BCUT2D eigenvalue weighted by Gasteiger charge is -2.43. The molecule has 36 heavy (non-hydrogen) atoms. The number of hydrogen-bond donors (Lipinski definition) is 3. The molecule has 3 aliphatic rings. The first-order chi connectivity index (χ1) is 17.5. The Morgan fingerprint density at radius 1 is 0.889 bits per heavy atom. The van der Waals surface area contributed by atoms with Crippen LogP contribution in [0.5, 0.6) is 0 Å². The van der Waals surface area contributed by atoms with Gasteiger partial charge >= 0.3 is 0 Å². The van der Waals surface area contributed by atoms with Crippen LogP contribution in [0.3, 0.4) is 0 Å². The van der Waals surface area contributed by atoms with Crippen molar-refractivity contribution < 1.29 is 9.59 Å². The van der Waals surface area contributed by atoms with Crippen molar-refractivity contribution in [2.45, 2.75) is 51.1 Å². The van der Waals surface area contributed by atoms with Gasteiger partial charge in [-0.15, -0.1) is 0 Å². The van der Waals surface area contributed by atoms with Crippen molar-refractivity contribution >= 4 is 23.2 Å². The highest BCUT2D eigenvalue weighted by atomic mass is 16.2. The summed E-state index contributed by atoms with van der Waals surface area (Å²) in [5, 5.41) is 9.75. The summed E-state index contributed by atoms with van der Waals surface area (Å²) < 4.78 is 0. The fourth-order valence-electron chi connectivity index (χ4n) is 6.94. The summed E-state index contributed by atoms with van der Waals surface area (Å²) in [6.07, 6.45) is 3.87. The van der Waals surface area contributed by atoms with E-state index in [4.69, 9.17) is 0 Å². The molecule has 2 bridgehead atoms. The molecule has 3 aromatic rings. The summed E-state index contributed by atoms with van der Waals surface area (Å²) in [4.78, 5) is 26.0. The molecule has 3 aromatic carbocycles. The van der Waals surface area contributed by atoms with Crippen LogP contribution in [0.1, 0.15) is 76.9 Å². The Hall–Kier alpha value is -3.60. The van der Waals surface area contributed by atoms with Crippen molar-refractivity contribution in [2.75, 3.05) is 10.6 Å². The standard InChI is InChI=1S/C31H33N3O2/c1-18(2)32-31(36)23-10-6-7-11-25(23)34-30(35)22-14-15-26-24(17-22)27-20-12-13-21(16-20)28(27)29(33-26)19-8-4-3-5-9-19/h3-11,14-15,17-18,20-21,27-29,33H,12-13,16H2,1-2H3,(H,32,36)(H,34,35)/t20-,21-,27-,28-,29+/m0/s1. The third-order valence-corrected chi connectivity index (χ3v) is 8.35. The number of anilines is 2. The van der Waals surface area contributed by atoms with Crippen LogP contribution in [-0.4, -0.2) is 17.9 Å². The minimum atomic E-state index is -0.188. The second-order valence-corrected chi connectivity index (χ2v) is 10.9. The van der Waals surface area contributed by atoms with Gasteiger partial charge < -0.3 is 16.0 Å². The van der Waals surface area contributed by atoms with E-state index in [0.29, 0.717) is 40.6 Å². The fourth-order valence-corrected chi connectivity index (χ4v) is 6.94. The molecule has 5 heteroatoms. The molecule has 3 N–H and O–H groups in total. The van der Waals surface area contributed by atoms with E-state index in [1.165, 1.54) is 30.4 Å². The third kappa shape index (κ3) is 3.97. The van der Waals surface area contributed by atoms with Crippen LogP contribution in [0.15, 0.2) is 72.8 Å². The molecule has 2 aliphatic carbocycles. The largest absolute Gasteiger partial charge is 0.378 e. The summed E-state index contributed by atoms with van der Waals surface area (Å²) in [6, 6.07) is 24.4. The summed E-state index contributed by atoms with van der Waals surface area (Å²) in [7, 11) is 0. The van der Waals surface area contributed by atoms with Crippen LogP contribution in [0.25, 0.3) is 0 Å². The number of carbonyl (C=O) groups is 2. The maximum absolute atomic E-state index is 13.4. The van der Waals surface area contributed by atoms with E-state index in [2.05, 4.69) is 58.4 Å². The Bertz CT molecular complexity index is 1300. The van der Waals surface area contributed by atoms with E-state index in [1.54, 1.807) is 12.1 Å². The predicted octanol–water partition coefficient (Wildman–Crippen LogP) is 6.37. The maximum atomic E-state index is 13.4. The van der Waals surface area contributed by atoms with Crippen LogP contribution in [0.2, 0.25) is 0 Å². The molecule has 0 unspecified atom stereocenters. The van der Waals surface area contributed by atoms with E-state index < -0.39 is 0 Å². The number of para-hydroxylation sites is 1. The molecule has 6 rings (SSSR count). The number of benzene rings is 3. The molecule has 2 saturated carbocycles. The molecular weight excluding hydrogens is 446 g/mol. The van der Waals surface area contributed by atoms with Gasteiger partial charge in [0.15, 0.2) is 0 Å². The molecule has 184 valence electrons. The average Bonchev–Trinajstić information content (AvgIpc) is 3.51. The first-order valence-electron chi connectivity index (χ1n) is 13.2. The number of fused-ring (bicyclic) bond motifs is 7. The van der Waals surface area contributed by atoms with Gasteiger partial charge in [-0.3, -0.25) is 9.59 Å². The topological polar surface area (TPSA) is 70.2 Å². The van der Waals surface area contributed by atoms with Crippen LogP contribution in [0.4, 0.5) is 11.4 Å². The Morgan fingerprint density at radius 3 is 2.44 bits per heavy atom. The summed E-state index contributed by atoms with van der Waals surface area (Å²) in [6.45, 7) is 3.84. The van der Waals surface area contributed by atoms with Crippen molar-refractivity contribution in [3.05, 3.63) is 95.1 Å². The number of rotatable bonds is 5. The van der Waals surface area contributed by atoms with E-state index >= 15 is 0 Å². The number of carbonyl (C=O) groups excluding carboxylic acids is 2. The van der Waals surface area contributed by atoms with Gasteiger partial charge in [0.2, 0.25) is 0 Å². The lowest BCUT2D eigenvalue weighted by molar-refractivity contribution is 0.0944. The highest BCUT2D eigenvalue weighted by molar-refractivity contribution is 6.09. The molecule has 5 nitrogen and oxygen atoms in total. The van der Waals surface area contributed by atoms with Gasteiger partial charge in [-0.1, -0.05) is 42.5 Å². The molecule has 0 saturated heterocycles. The second kappa shape index (κ2) is 9.12.